The highest BCUT2D eigenvalue weighted by atomic mass is 35.5. The third kappa shape index (κ3) is 1.99. The van der Waals surface area contributed by atoms with Crippen LogP contribution in [0, 0.1) is 0 Å². The van der Waals surface area contributed by atoms with Gasteiger partial charge in [0.05, 0.1) is 12.7 Å². The zero-order valence-corrected chi connectivity index (χ0v) is 6.91. The Bertz CT molecular complexity index is 284. The molecule has 0 fully saturated rings. The van der Waals surface area contributed by atoms with Crippen molar-refractivity contribution in [2.45, 2.75) is 12.5 Å². The third-order valence-electron chi connectivity index (χ3n) is 1.44. The molecule has 66 valence electrons. The van der Waals surface area contributed by atoms with Gasteiger partial charge in [-0.15, -0.1) is 0 Å². The maximum absolute atomic E-state index is 10.3. The molecule has 3 N–H and O–H groups in total. The highest BCUT2D eigenvalue weighted by Gasteiger charge is 2.15. The zero-order chi connectivity index (χ0) is 9.14. The minimum absolute atomic E-state index is 0.154. The number of aliphatic carboxylic acids is 1. The summed E-state index contributed by atoms with van der Waals surface area (Å²) in [5.74, 6) is -0.959. The van der Waals surface area contributed by atoms with E-state index in [0.29, 0.717) is 5.56 Å². The van der Waals surface area contributed by atoms with Crippen LogP contribution < -0.4 is 5.73 Å². The first kappa shape index (κ1) is 9.09. The second-order valence-electron chi connectivity index (χ2n) is 2.35. The number of nitrogens with two attached hydrogens (primary N) is 1. The SMILES string of the molecule is N[C@@H](CC(=O)O)c1ccoc1Cl. The van der Waals surface area contributed by atoms with Crippen LogP contribution in [0.3, 0.4) is 0 Å². The molecule has 0 saturated carbocycles. The van der Waals surface area contributed by atoms with Crippen molar-refractivity contribution in [1.29, 1.82) is 0 Å². The Kier molecular flexibility index (Phi) is 2.73. The molecule has 0 aliphatic carbocycles. The van der Waals surface area contributed by atoms with E-state index in [1.54, 1.807) is 6.07 Å². The van der Waals surface area contributed by atoms with E-state index >= 15 is 0 Å². The molecule has 1 aromatic rings. The van der Waals surface area contributed by atoms with Gasteiger partial charge in [-0.1, -0.05) is 0 Å². The molecular formula is C7H8ClNO3. The van der Waals surface area contributed by atoms with E-state index < -0.39 is 12.0 Å². The Morgan fingerprint density at radius 2 is 2.50 bits per heavy atom. The van der Waals surface area contributed by atoms with Crippen molar-refractivity contribution >= 4 is 17.6 Å². The lowest BCUT2D eigenvalue weighted by molar-refractivity contribution is -0.137. The van der Waals surface area contributed by atoms with Gasteiger partial charge in [0.15, 0.2) is 5.22 Å². The summed E-state index contributed by atoms with van der Waals surface area (Å²) in [5, 5.41) is 8.58. The van der Waals surface area contributed by atoms with Gasteiger partial charge in [0.25, 0.3) is 0 Å². The van der Waals surface area contributed by atoms with Gasteiger partial charge < -0.3 is 15.3 Å². The number of hydrogen-bond acceptors (Lipinski definition) is 3. The van der Waals surface area contributed by atoms with Crippen molar-refractivity contribution < 1.29 is 14.3 Å². The highest BCUT2D eigenvalue weighted by molar-refractivity contribution is 6.29. The van der Waals surface area contributed by atoms with E-state index in [4.69, 9.17) is 26.9 Å². The van der Waals surface area contributed by atoms with Gasteiger partial charge in [-0.25, -0.2) is 0 Å². The number of rotatable bonds is 3. The zero-order valence-electron chi connectivity index (χ0n) is 6.16. The molecule has 1 atom stereocenters. The van der Waals surface area contributed by atoms with E-state index in [2.05, 4.69) is 0 Å². The van der Waals surface area contributed by atoms with E-state index in [1.807, 2.05) is 0 Å². The molecule has 1 rings (SSSR count). The number of furan rings is 1. The van der Waals surface area contributed by atoms with Crippen LogP contribution >= 0.6 is 11.6 Å². The van der Waals surface area contributed by atoms with Crippen LogP contribution in [0.2, 0.25) is 5.22 Å². The molecule has 0 spiro atoms. The lowest BCUT2D eigenvalue weighted by Gasteiger charge is -2.05. The molecule has 0 radical (unpaired) electrons. The maximum atomic E-state index is 10.3. The van der Waals surface area contributed by atoms with Crippen LogP contribution in [-0.4, -0.2) is 11.1 Å². The second-order valence-corrected chi connectivity index (χ2v) is 2.70. The Labute approximate surface area is 73.9 Å². The molecule has 0 aliphatic rings. The van der Waals surface area contributed by atoms with Gasteiger partial charge in [-0.2, -0.15) is 0 Å². The monoisotopic (exact) mass is 189 g/mol. The van der Waals surface area contributed by atoms with Crippen LogP contribution in [-0.2, 0) is 4.79 Å². The second kappa shape index (κ2) is 3.60. The Morgan fingerprint density at radius 3 is 2.92 bits per heavy atom. The van der Waals surface area contributed by atoms with E-state index in [-0.39, 0.29) is 11.6 Å². The maximum Gasteiger partial charge on any atom is 0.305 e. The fourth-order valence-electron chi connectivity index (χ4n) is 0.868. The van der Waals surface area contributed by atoms with E-state index in [1.165, 1.54) is 6.26 Å². The van der Waals surface area contributed by atoms with Gasteiger partial charge >= 0.3 is 5.97 Å². The Balaban J connectivity index is 2.71. The molecule has 0 aliphatic heterocycles. The standard InChI is InChI=1S/C7H8ClNO3/c8-7-4(1-2-12-7)5(9)3-6(10)11/h1-2,5H,3,9H2,(H,10,11)/t5-/m0/s1. The molecule has 0 bridgehead atoms. The Morgan fingerprint density at radius 1 is 1.83 bits per heavy atom. The Hall–Kier alpha value is -1.00. The molecular weight excluding hydrogens is 182 g/mol. The van der Waals surface area contributed by atoms with Crippen molar-refractivity contribution in [2.24, 2.45) is 5.73 Å². The summed E-state index contributed by atoms with van der Waals surface area (Å²) >= 11 is 5.58. The minimum atomic E-state index is -0.959. The van der Waals surface area contributed by atoms with Crippen LogP contribution in [0.15, 0.2) is 16.7 Å². The number of carboxylic acids is 1. The van der Waals surface area contributed by atoms with Gasteiger partial charge in [-0.05, 0) is 17.7 Å². The van der Waals surface area contributed by atoms with E-state index in [0.717, 1.165) is 0 Å². The summed E-state index contributed by atoms with van der Waals surface area (Å²) in [7, 11) is 0. The molecule has 5 heteroatoms. The third-order valence-corrected chi connectivity index (χ3v) is 1.75. The molecule has 1 heterocycles. The van der Waals surface area contributed by atoms with Crippen LogP contribution in [0.25, 0.3) is 0 Å². The molecule has 12 heavy (non-hydrogen) atoms. The van der Waals surface area contributed by atoms with Crippen molar-refractivity contribution in [1.82, 2.24) is 0 Å². The number of carbonyl (C=O) groups is 1. The molecule has 0 unspecified atom stereocenters. The average molecular weight is 190 g/mol. The lowest BCUT2D eigenvalue weighted by atomic mass is 10.1. The van der Waals surface area contributed by atoms with Crippen molar-refractivity contribution in [2.75, 3.05) is 0 Å². The van der Waals surface area contributed by atoms with E-state index in [9.17, 15) is 4.79 Å². The van der Waals surface area contributed by atoms with Crippen molar-refractivity contribution in [3.8, 4) is 0 Å². The fraction of sp³-hybridized carbons (Fsp3) is 0.286. The summed E-state index contributed by atoms with van der Waals surface area (Å²) in [6.07, 6.45) is 1.22. The normalized spacial score (nSPS) is 12.8. The van der Waals surface area contributed by atoms with Crippen LogP contribution in [0.4, 0.5) is 0 Å². The first-order valence-electron chi connectivity index (χ1n) is 3.31. The first-order valence-corrected chi connectivity index (χ1v) is 3.69. The predicted octanol–water partition coefficient (Wildman–Crippen LogP) is 1.41. The molecule has 0 amide bonds. The first-order chi connectivity index (χ1) is 5.61. The van der Waals surface area contributed by atoms with Crippen LogP contribution in [0.1, 0.15) is 18.0 Å². The van der Waals surface area contributed by atoms with Gasteiger partial charge in [0.2, 0.25) is 0 Å². The molecule has 0 aromatic carbocycles. The number of carboxylic acid groups (broad SMARTS) is 1. The van der Waals surface area contributed by atoms with Crippen molar-refractivity contribution in [3.05, 3.63) is 23.1 Å². The average Bonchev–Trinajstić information content (AvgIpc) is 2.33. The van der Waals surface area contributed by atoms with Crippen molar-refractivity contribution in [3.63, 3.8) is 0 Å². The fourth-order valence-corrected chi connectivity index (χ4v) is 1.12. The quantitative estimate of drug-likeness (QED) is 0.754. The largest absolute Gasteiger partial charge is 0.481 e. The van der Waals surface area contributed by atoms with Gasteiger partial charge in [0.1, 0.15) is 0 Å². The van der Waals surface area contributed by atoms with Gasteiger partial charge in [-0.3, -0.25) is 4.79 Å². The molecule has 1 aromatic heterocycles. The van der Waals surface area contributed by atoms with Crippen LogP contribution in [0.5, 0.6) is 0 Å². The summed E-state index contributed by atoms with van der Waals surface area (Å²) in [6, 6.07) is 0.962. The molecule has 4 nitrogen and oxygen atoms in total. The lowest BCUT2D eigenvalue weighted by Crippen LogP contribution is -2.14. The van der Waals surface area contributed by atoms with Gasteiger partial charge in [0, 0.05) is 11.6 Å². The highest BCUT2D eigenvalue weighted by Crippen LogP contribution is 2.24. The summed E-state index contributed by atoms with van der Waals surface area (Å²) in [6.45, 7) is 0. The molecule has 0 saturated heterocycles. The predicted molar refractivity (Wildman–Crippen MR) is 42.9 cm³/mol. The topological polar surface area (TPSA) is 76.5 Å². The number of hydrogen-bond donors (Lipinski definition) is 2. The summed E-state index contributed by atoms with van der Waals surface area (Å²) in [5.41, 5.74) is 6.04. The summed E-state index contributed by atoms with van der Waals surface area (Å²) < 4.78 is 4.76. The minimum Gasteiger partial charge on any atom is -0.481 e. The smallest absolute Gasteiger partial charge is 0.305 e. The number of halogens is 1. The summed E-state index contributed by atoms with van der Waals surface area (Å²) in [4.78, 5) is 10.3.